The van der Waals surface area contributed by atoms with Crippen molar-refractivity contribution in [3.63, 3.8) is 0 Å². The van der Waals surface area contributed by atoms with Crippen molar-refractivity contribution in [2.45, 2.75) is 89.7 Å². The second-order valence-electron chi connectivity index (χ2n) is 12.1. The van der Waals surface area contributed by atoms with Crippen molar-refractivity contribution in [2.75, 3.05) is 20.2 Å². The summed E-state index contributed by atoms with van der Waals surface area (Å²) < 4.78 is 30.2. The molecule has 2 aliphatic rings. The van der Waals surface area contributed by atoms with Gasteiger partial charge in [0.1, 0.15) is 33.5 Å². The number of carbonyl (C=O) groups is 1. The molecule has 1 aliphatic carbocycles. The number of fused-ring (bicyclic) bond motifs is 1. The average molecular weight is 655 g/mol. The molecule has 14 heteroatoms. The Bertz CT molecular complexity index is 1830. The highest BCUT2D eigenvalue weighted by Crippen LogP contribution is 2.36. The van der Waals surface area contributed by atoms with Crippen LogP contribution in [0.4, 0.5) is 4.39 Å². The number of likely N-dealkylation sites (tertiary alicyclic amines) is 1. The minimum absolute atomic E-state index is 0.0784. The quantitative estimate of drug-likeness (QED) is 0.241. The maximum atomic E-state index is 14.9. The van der Waals surface area contributed by atoms with Crippen LogP contribution in [0.2, 0.25) is 0 Å². The summed E-state index contributed by atoms with van der Waals surface area (Å²) in [6.45, 7) is 4.58. The number of amides is 1. The molecule has 46 heavy (non-hydrogen) atoms. The predicted molar refractivity (Wildman–Crippen MR) is 170 cm³/mol. The van der Waals surface area contributed by atoms with Gasteiger partial charge in [-0.1, -0.05) is 24.7 Å². The van der Waals surface area contributed by atoms with Crippen molar-refractivity contribution in [2.24, 2.45) is 0 Å². The smallest absolute Gasteiger partial charge is 0.332 e. The maximum Gasteiger partial charge on any atom is 0.332 e. The van der Waals surface area contributed by atoms with Crippen molar-refractivity contribution in [3.8, 4) is 10.8 Å². The number of aryl methyl sites for hydroxylation is 1. The first-order valence-corrected chi connectivity index (χ1v) is 16.6. The van der Waals surface area contributed by atoms with Crippen molar-refractivity contribution < 1.29 is 23.8 Å². The third kappa shape index (κ3) is 6.13. The molecule has 4 heterocycles. The summed E-state index contributed by atoms with van der Waals surface area (Å²) in [5, 5.41) is 19.5. The minimum Gasteiger partial charge on any atom is -0.493 e. The molecule has 1 N–H and O–H groups in total. The molecule has 4 aromatic rings. The zero-order chi connectivity index (χ0) is 32.5. The highest BCUT2D eigenvalue weighted by atomic mass is 32.1. The third-order valence-electron chi connectivity index (χ3n) is 8.95. The maximum absolute atomic E-state index is 14.9. The Kier molecular flexibility index (Phi) is 9.39. The molecule has 0 radical (unpaired) electrons. The number of aliphatic hydroxyl groups is 1. The van der Waals surface area contributed by atoms with Crippen molar-refractivity contribution >= 4 is 27.5 Å². The Balaban J connectivity index is 1.53. The minimum atomic E-state index is -0.951. The summed E-state index contributed by atoms with van der Waals surface area (Å²) in [7, 11) is 1.65. The molecule has 1 aromatic carbocycles. The normalized spacial score (nSPS) is 20.9. The average Bonchev–Trinajstić information content (AvgIpc) is 3.77. The third-order valence-corrected chi connectivity index (χ3v) is 10.2. The topological polar surface area (TPSA) is 134 Å². The largest absolute Gasteiger partial charge is 0.493 e. The molecular formula is C32H39FN6O6S. The first-order chi connectivity index (χ1) is 22.2. The van der Waals surface area contributed by atoms with Crippen molar-refractivity contribution in [1.29, 1.82) is 0 Å². The second kappa shape index (κ2) is 13.5. The molecule has 0 bridgehead atoms. The SMILES string of the molecule is CCCCOc1ccc(F)cc1[C@H](Cn1c(=O)n([C@@H]2CCN(C)C2=O)c(=O)c2c(C)c(-n3nccn3)sc21)OC1CCC(O)CC1. The van der Waals surface area contributed by atoms with Gasteiger partial charge in [0, 0.05) is 24.7 Å². The Morgan fingerprint density at radius 1 is 1.11 bits per heavy atom. The van der Waals surface area contributed by atoms with Crippen molar-refractivity contribution in [3.05, 3.63) is 68.4 Å². The van der Waals surface area contributed by atoms with Gasteiger partial charge < -0.3 is 19.5 Å². The van der Waals surface area contributed by atoms with Crippen LogP contribution in [0.25, 0.3) is 15.2 Å². The van der Waals surface area contributed by atoms with E-state index in [1.165, 1.54) is 50.1 Å². The summed E-state index contributed by atoms with van der Waals surface area (Å²) in [6, 6.07) is 3.32. The lowest BCUT2D eigenvalue weighted by atomic mass is 9.94. The molecular weight excluding hydrogens is 615 g/mol. The van der Waals surface area contributed by atoms with E-state index >= 15 is 0 Å². The first kappa shape index (κ1) is 32.1. The van der Waals surface area contributed by atoms with Crippen LogP contribution >= 0.6 is 11.3 Å². The molecule has 1 amide bonds. The van der Waals surface area contributed by atoms with Gasteiger partial charge in [-0.05, 0) is 63.6 Å². The van der Waals surface area contributed by atoms with Crippen LogP contribution in [0.5, 0.6) is 5.75 Å². The molecule has 0 spiro atoms. The summed E-state index contributed by atoms with van der Waals surface area (Å²) in [5.41, 5.74) is -0.176. The number of hydrogen-bond donors (Lipinski definition) is 1. The summed E-state index contributed by atoms with van der Waals surface area (Å²) in [5.74, 6) is -0.339. The fourth-order valence-corrected chi connectivity index (χ4v) is 7.59. The molecule has 12 nitrogen and oxygen atoms in total. The van der Waals surface area contributed by atoms with Gasteiger partial charge in [0.2, 0.25) is 5.91 Å². The lowest BCUT2D eigenvalue weighted by molar-refractivity contribution is -0.129. The van der Waals surface area contributed by atoms with E-state index in [0.29, 0.717) is 72.0 Å². The Morgan fingerprint density at radius 2 is 1.85 bits per heavy atom. The van der Waals surface area contributed by atoms with E-state index in [1.54, 1.807) is 20.0 Å². The highest BCUT2D eigenvalue weighted by molar-refractivity contribution is 7.21. The second-order valence-corrected chi connectivity index (χ2v) is 13.1. The number of ether oxygens (including phenoxy) is 2. The number of carbonyl (C=O) groups excluding carboxylic acids is 1. The Hall–Kier alpha value is -3.88. The Morgan fingerprint density at radius 3 is 2.52 bits per heavy atom. The molecule has 2 fully saturated rings. The monoisotopic (exact) mass is 654 g/mol. The number of thiophene rings is 1. The number of benzene rings is 1. The Labute approximate surface area is 269 Å². The number of unbranched alkanes of at least 4 members (excludes halogenated alkanes) is 1. The van der Waals surface area contributed by atoms with Crippen LogP contribution in [0, 0.1) is 12.7 Å². The number of halogens is 1. The molecule has 3 aromatic heterocycles. The summed E-state index contributed by atoms with van der Waals surface area (Å²) in [4.78, 5) is 45.0. The van der Waals surface area contributed by atoms with E-state index in [0.717, 1.165) is 17.4 Å². The van der Waals surface area contributed by atoms with Crippen LogP contribution in [-0.4, -0.2) is 72.4 Å². The fraction of sp³-hybridized carbons (Fsp3) is 0.531. The van der Waals surface area contributed by atoms with E-state index in [2.05, 4.69) is 10.2 Å². The number of aromatic nitrogens is 5. The zero-order valence-electron chi connectivity index (χ0n) is 26.2. The van der Waals surface area contributed by atoms with Gasteiger partial charge in [0.05, 0.1) is 43.1 Å². The van der Waals surface area contributed by atoms with Gasteiger partial charge in [-0.2, -0.15) is 10.2 Å². The fourth-order valence-electron chi connectivity index (χ4n) is 6.37. The highest BCUT2D eigenvalue weighted by Gasteiger charge is 2.36. The summed E-state index contributed by atoms with van der Waals surface area (Å²) in [6.07, 6.45) is 5.90. The van der Waals surface area contributed by atoms with Crippen LogP contribution in [0.15, 0.2) is 40.2 Å². The molecule has 6 rings (SSSR count). The number of aliphatic hydroxyl groups excluding tert-OH is 1. The number of hydrogen-bond acceptors (Lipinski definition) is 9. The van der Waals surface area contributed by atoms with Crippen molar-refractivity contribution in [1.82, 2.24) is 29.0 Å². The van der Waals surface area contributed by atoms with E-state index < -0.39 is 35.3 Å². The van der Waals surface area contributed by atoms with Gasteiger partial charge in [-0.15, -0.1) is 4.80 Å². The first-order valence-electron chi connectivity index (χ1n) is 15.8. The van der Waals surface area contributed by atoms with Crippen LogP contribution < -0.4 is 16.0 Å². The standard InChI is InChI=1S/C32H39FN6O6S/c1-4-5-16-44-25-11-6-20(33)17-23(25)26(45-22-9-7-21(40)8-10-22)18-37-31-27(19(2)30(46-31)39-34-13-14-35-39)29(42)38(32(37)43)24-12-15-36(3)28(24)41/h6,11,13-14,17,21-22,24,26,40H,4-5,7-10,12,15-16,18H2,1-3H3/t21?,22?,24-,26+/m1/s1. The van der Waals surface area contributed by atoms with Gasteiger partial charge in [0.25, 0.3) is 5.56 Å². The summed E-state index contributed by atoms with van der Waals surface area (Å²) >= 11 is 1.20. The lowest BCUT2D eigenvalue weighted by Gasteiger charge is -2.31. The molecule has 246 valence electrons. The molecule has 1 saturated heterocycles. The number of rotatable bonds is 11. The van der Waals surface area contributed by atoms with Gasteiger partial charge in [-0.25, -0.2) is 13.8 Å². The van der Waals surface area contributed by atoms with E-state index in [9.17, 15) is 23.9 Å². The van der Waals surface area contributed by atoms with Crippen LogP contribution in [0.3, 0.4) is 0 Å². The molecule has 1 saturated carbocycles. The van der Waals surface area contributed by atoms with E-state index in [-0.39, 0.29) is 23.9 Å². The van der Waals surface area contributed by atoms with Gasteiger partial charge in [-0.3, -0.25) is 14.2 Å². The molecule has 2 atom stereocenters. The lowest BCUT2D eigenvalue weighted by Crippen LogP contribution is -2.45. The predicted octanol–water partition coefficient (Wildman–Crippen LogP) is 3.90. The van der Waals surface area contributed by atoms with Crippen LogP contribution in [-0.2, 0) is 16.1 Å². The van der Waals surface area contributed by atoms with E-state index in [1.807, 2.05) is 6.92 Å². The molecule has 1 aliphatic heterocycles. The van der Waals surface area contributed by atoms with Gasteiger partial charge >= 0.3 is 5.69 Å². The van der Waals surface area contributed by atoms with Crippen LogP contribution in [0.1, 0.15) is 75.1 Å². The molecule has 0 unspecified atom stereocenters. The van der Waals surface area contributed by atoms with Gasteiger partial charge in [0.15, 0.2) is 0 Å². The number of nitrogens with zero attached hydrogens (tertiary/aromatic N) is 6. The number of likely N-dealkylation sites (N-methyl/N-ethyl adjacent to an activating group) is 1. The zero-order valence-corrected chi connectivity index (χ0v) is 27.0. The van der Waals surface area contributed by atoms with E-state index in [4.69, 9.17) is 9.47 Å².